The van der Waals surface area contributed by atoms with Gasteiger partial charge in [0, 0.05) is 29.6 Å². The highest BCUT2D eigenvalue weighted by atomic mass is 35.5. The van der Waals surface area contributed by atoms with Crippen molar-refractivity contribution in [1.29, 1.82) is 0 Å². The Morgan fingerprint density at radius 2 is 1.85 bits per heavy atom. The molecule has 7 nitrogen and oxygen atoms in total. The standard InChI is InChI=1S/C19H17ClN4O3/c20-14-3-1-4-17(13-14)27-16-7-5-15(6-8-16)23-19(26)18(25)21-10-12-24-11-2-9-22-24/h1-9,11,13H,10,12H2,(H,21,25)(H,23,26). The van der Waals surface area contributed by atoms with Crippen molar-refractivity contribution in [1.82, 2.24) is 15.1 Å². The number of amides is 2. The van der Waals surface area contributed by atoms with Crippen molar-refractivity contribution in [2.24, 2.45) is 0 Å². The Hall–Kier alpha value is -3.32. The number of hydrogen-bond donors (Lipinski definition) is 2. The quantitative estimate of drug-likeness (QED) is 0.639. The van der Waals surface area contributed by atoms with Crippen LogP contribution >= 0.6 is 11.6 Å². The number of nitrogens with one attached hydrogen (secondary N) is 2. The number of carbonyl (C=O) groups excluding carboxylic acids is 2. The van der Waals surface area contributed by atoms with E-state index in [0.29, 0.717) is 35.3 Å². The summed E-state index contributed by atoms with van der Waals surface area (Å²) in [5, 5.41) is 9.67. The van der Waals surface area contributed by atoms with Gasteiger partial charge in [0.05, 0.1) is 6.54 Å². The topological polar surface area (TPSA) is 85.2 Å². The van der Waals surface area contributed by atoms with E-state index in [9.17, 15) is 9.59 Å². The lowest BCUT2D eigenvalue weighted by atomic mass is 10.3. The molecule has 0 saturated heterocycles. The lowest BCUT2D eigenvalue weighted by Gasteiger charge is -2.09. The van der Waals surface area contributed by atoms with E-state index < -0.39 is 11.8 Å². The van der Waals surface area contributed by atoms with Crippen molar-refractivity contribution in [2.75, 3.05) is 11.9 Å². The van der Waals surface area contributed by atoms with Crippen LogP contribution in [0.2, 0.25) is 5.02 Å². The Labute approximate surface area is 160 Å². The van der Waals surface area contributed by atoms with Gasteiger partial charge < -0.3 is 15.4 Å². The van der Waals surface area contributed by atoms with Gasteiger partial charge in [-0.2, -0.15) is 5.10 Å². The molecule has 0 atom stereocenters. The van der Waals surface area contributed by atoms with Crippen molar-refractivity contribution in [3.63, 3.8) is 0 Å². The Balaban J connectivity index is 1.48. The van der Waals surface area contributed by atoms with E-state index in [4.69, 9.17) is 16.3 Å². The second-order valence-corrected chi connectivity index (χ2v) is 6.00. The van der Waals surface area contributed by atoms with Crippen molar-refractivity contribution >= 4 is 29.1 Å². The molecule has 1 heterocycles. The number of hydrogen-bond acceptors (Lipinski definition) is 4. The second kappa shape index (κ2) is 8.86. The maximum atomic E-state index is 11.9. The Morgan fingerprint density at radius 3 is 2.56 bits per heavy atom. The van der Waals surface area contributed by atoms with Crippen molar-refractivity contribution in [2.45, 2.75) is 6.54 Å². The minimum Gasteiger partial charge on any atom is -0.457 e. The minimum atomic E-state index is -0.737. The fourth-order valence-corrected chi connectivity index (χ4v) is 2.44. The highest BCUT2D eigenvalue weighted by Gasteiger charge is 2.13. The number of halogens is 1. The van der Waals surface area contributed by atoms with Gasteiger partial charge in [-0.25, -0.2) is 0 Å². The molecular weight excluding hydrogens is 368 g/mol. The molecule has 3 aromatic rings. The SMILES string of the molecule is O=C(NCCn1cccn1)C(=O)Nc1ccc(Oc2cccc(Cl)c2)cc1. The first-order chi connectivity index (χ1) is 13.1. The van der Waals surface area contributed by atoms with Crippen LogP contribution in [0.1, 0.15) is 0 Å². The summed E-state index contributed by atoms with van der Waals surface area (Å²) in [7, 11) is 0. The maximum absolute atomic E-state index is 11.9. The summed E-state index contributed by atoms with van der Waals surface area (Å²) in [6.45, 7) is 0.794. The summed E-state index contributed by atoms with van der Waals surface area (Å²) in [6, 6.07) is 15.5. The molecule has 3 rings (SSSR count). The molecule has 0 saturated carbocycles. The van der Waals surface area contributed by atoms with Crippen LogP contribution in [0.25, 0.3) is 0 Å². The van der Waals surface area contributed by atoms with Crippen molar-refractivity contribution in [3.8, 4) is 11.5 Å². The highest BCUT2D eigenvalue weighted by molar-refractivity contribution is 6.39. The van der Waals surface area contributed by atoms with Gasteiger partial charge in [0.15, 0.2) is 0 Å². The third kappa shape index (κ3) is 5.58. The lowest BCUT2D eigenvalue weighted by molar-refractivity contribution is -0.136. The fraction of sp³-hybridized carbons (Fsp3) is 0.105. The third-order valence-electron chi connectivity index (χ3n) is 3.54. The van der Waals surface area contributed by atoms with Gasteiger partial charge in [-0.05, 0) is 48.5 Å². The molecule has 0 radical (unpaired) electrons. The van der Waals surface area contributed by atoms with E-state index in [2.05, 4.69) is 15.7 Å². The molecule has 0 aliphatic heterocycles. The summed E-state index contributed by atoms with van der Waals surface area (Å²) >= 11 is 5.92. The zero-order valence-electron chi connectivity index (χ0n) is 14.3. The zero-order valence-corrected chi connectivity index (χ0v) is 15.0. The van der Waals surface area contributed by atoms with Crippen molar-refractivity contribution in [3.05, 3.63) is 72.0 Å². The largest absolute Gasteiger partial charge is 0.457 e. The van der Waals surface area contributed by atoms with E-state index in [1.165, 1.54) is 0 Å². The molecule has 2 N–H and O–H groups in total. The molecule has 8 heteroatoms. The van der Waals surface area contributed by atoms with Gasteiger partial charge in [0.2, 0.25) is 0 Å². The number of nitrogens with zero attached hydrogens (tertiary/aromatic N) is 2. The molecule has 0 unspecified atom stereocenters. The normalized spacial score (nSPS) is 10.3. The van der Waals surface area contributed by atoms with Crippen LogP contribution in [0.3, 0.4) is 0 Å². The van der Waals surface area contributed by atoms with Crippen molar-refractivity contribution < 1.29 is 14.3 Å². The molecule has 0 aliphatic rings. The third-order valence-corrected chi connectivity index (χ3v) is 3.77. The van der Waals surface area contributed by atoms with Crippen LogP contribution in [-0.2, 0) is 16.1 Å². The zero-order chi connectivity index (χ0) is 19.1. The van der Waals surface area contributed by atoms with E-state index >= 15 is 0 Å². The van der Waals surface area contributed by atoms with Crippen LogP contribution < -0.4 is 15.4 Å². The summed E-state index contributed by atoms with van der Waals surface area (Å²) in [4.78, 5) is 23.8. The van der Waals surface area contributed by atoms with E-state index in [-0.39, 0.29) is 0 Å². The minimum absolute atomic E-state index is 0.306. The molecule has 2 aromatic carbocycles. The second-order valence-electron chi connectivity index (χ2n) is 5.56. The summed E-state index contributed by atoms with van der Waals surface area (Å²) in [5.41, 5.74) is 0.487. The number of ether oxygens (including phenoxy) is 1. The molecule has 27 heavy (non-hydrogen) atoms. The van der Waals surface area contributed by atoms with Gasteiger partial charge in [-0.1, -0.05) is 17.7 Å². The maximum Gasteiger partial charge on any atom is 0.313 e. The summed E-state index contributed by atoms with van der Waals surface area (Å²) < 4.78 is 7.33. The highest BCUT2D eigenvalue weighted by Crippen LogP contribution is 2.25. The Kier molecular flexibility index (Phi) is 6.06. The van der Waals surface area contributed by atoms with Gasteiger partial charge in [0.25, 0.3) is 0 Å². The summed E-state index contributed by atoms with van der Waals surface area (Å²) in [5.74, 6) is -0.254. The van der Waals surface area contributed by atoms with Crippen LogP contribution in [0, 0.1) is 0 Å². The van der Waals surface area contributed by atoms with Gasteiger partial charge in [-0.15, -0.1) is 0 Å². The molecule has 138 valence electrons. The predicted octanol–water partition coefficient (Wildman–Crippen LogP) is 3.08. The van der Waals surface area contributed by atoms with Gasteiger partial charge in [-0.3, -0.25) is 14.3 Å². The lowest BCUT2D eigenvalue weighted by Crippen LogP contribution is -2.37. The van der Waals surface area contributed by atoms with E-state index in [1.807, 2.05) is 0 Å². The molecule has 0 aliphatic carbocycles. The monoisotopic (exact) mass is 384 g/mol. The first-order valence-corrected chi connectivity index (χ1v) is 8.58. The molecule has 0 spiro atoms. The van der Waals surface area contributed by atoms with Crippen LogP contribution in [0.4, 0.5) is 5.69 Å². The average Bonchev–Trinajstić information content (AvgIpc) is 3.17. The molecule has 0 bridgehead atoms. The first kappa shape index (κ1) is 18.5. The predicted molar refractivity (Wildman–Crippen MR) is 102 cm³/mol. The van der Waals surface area contributed by atoms with Crippen LogP contribution in [-0.4, -0.2) is 28.1 Å². The Morgan fingerprint density at radius 1 is 1.04 bits per heavy atom. The number of benzene rings is 2. The average molecular weight is 385 g/mol. The van der Waals surface area contributed by atoms with E-state index in [0.717, 1.165) is 0 Å². The first-order valence-electron chi connectivity index (χ1n) is 8.20. The number of carbonyl (C=O) groups is 2. The van der Waals surface area contributed by atoms with E-state index in [1.54, 1.807) is 71.7 Å². The molecule has 1 aromatic heterocycles. The van der Waals surface area contributed by atoms with Gasteiger partial charge in [0.1, 0.15) is 11.5 Å². The number of anilines is 1. The van der Waals surface area contributed by atoms with Crippen LogP contribution in [0.5, 0.6) is 11.5 Å². The molecule has 0 fully saturated rings. The fourth-order valence-electron chi connectivity index (χ4n) is 2.26. The smallest absolute Gasteiger partial charge is 0.313 e. The number of rotatable bonds is 6. The van der Waals surface area contributed by atoms with Crippen LogP contribution in [0.15, 0.2) is 67.0 Å². The summed E-state index contributed by atoms with van der Waals surface area (Å²) in [6.07, 6.45) is 3.42. The number of aromatic nitrogens is 2. The van der Waals surface area contributed by atoms with Gasteiger partial charge >= 0.3 is 11.8 Å². The Bertz CT molecular complexity index is 911. The molecule has 2 amide bonds. The molecular formula is C19H17ClN4O3.